The van der Waals surface area contributed by atoms with Crippen molar-refractivity contribution in [2.45, 2.75) is 32.4 Å². The summed E-state index contributed by atoms with van der Waals surface area (Å²) in [5.74, 6) is 0. The summed E-state index contributed by atoms with van der Waals surface area (Å²) in [6, 6.07) is 1.11. The standard InChI is InChI=1S/C14H22BrClN4O2Si/c1-23(2,3)7-6-22-9-20-8-18-12-11(17-4-5-21)10(15)13(16)19-14(12)20/h8,21H,4-7,9H2,1-3H3,(H,17,19). The first kappa shape index (κ1) is 18.7. The molecule has 0 fully saturated rings. The molecule has 9 heteroatoms. The van der Waals surface area contributed by atoms with Crippen molar-refractivity contribution in [2.75, 3.05) is 25.1 Å². The van der Waals surface area contributed by atoms with Crippen molar-refractivity contribution in [1.29, 1.82) is 0 Å². The lowest BCUT2D eigenvalue weighted by atomic mass is 10.3. The van der Waals surface area contributed by atoms with E-state index in [1.54, 1.807) is 6.33 Å². The van der Waals surface area contributed by atoms with E-state index in [-0.39, 0.29) is 6.61 Å². The van der Waals surface area contributed by atoms with Crippen molar-refractivity contribution in [1.82, 2.24) is 14.5 Å². The molecule has 2 aromatic rings. The van der Waals surface area contributed by atoms with Crippen molar-refractivity contribution in [3.63, 3.8) is 0 Å². The van der Waals surface area contributed by atoms with Gasteiger partial charge in [-0.25, -0.2) is 9.97 Å². The maximum atomic E-state index is 9.01. The summed E-state index contributed by atoms with van der Waals surface area (Å²) in [5, 5.41) is 12.5. The van der Waals surface area contributed by atoms with E-state index in [1.807, 2.05) is 4.57 Å². The summed E-state index contributed by atoms with van der Waals surface area (Å²) < 4.78 is 8.23. The molecule has 0 saturated heterocycles. The zero-order chi connectivity index (χ0) is 17.0. The van der Waals surface area contributed by atoms with Crippen LogP contribution in [0, 0.1) is 0 Å². The van der Waals surface area contributed by atoms with E-state index in [0.717, 1.165) is 18.3 Å². The number of ether oxygens (including phenoxy) is 1. The third-order valence-corrected chi connectivity index (χ3v) is 6.27. The number of imidazole rings is 1. The van der Waals surface area contributed by atoms with Gasteiger partial charge >= 0.3 is 0 Å². The Morgan fingerprint density at radius 2 is 2.17 bits per heavy atom. The van der Waals surface area contributed by atoms with Gasteiger partial charge in [0.2, 0.25) is 0 Å². The Morgan fingerprint density at radius 3 is 2.83 bits per heavy atom. The Kier molecular flexibility index (Phi) is 6.44. The molecule has 0 aliphatic carbocycles. The van der Waals surface area contributed by atoms with E-state index in [2.05, 4.69) is 50.9 Å². The topological polar surface area (TPSA) is 72.2 Å². The van der Waals surface area contributed by atoms with Crippen molar-refractivity contribution in [3.05, 3.63) is 16.0 Å². The van der Waals surface area contributed by atoms with Gasteiger partial charge in [-0.05, 0) is 22.0 Å². The number of fused-ring (bicyclic) bond motifs is 1. The van der Waals surface area contributed by atoms with Gasteiger partial charge in [-0.15, -0.1) is 0 Å². The lowest BCUT2D eigenvalue weighted by Gasteiger charge is -2.15. The Morgan fingerprint density at radius 1 is 1.43 bits per heavy atom. The average molecular weight is 422 g/mol. The first-order valence-corrected chi connectivity index (χ1v) is 12.3. The zero-order valence-electron chi connectivity index (χ0n) is 13.6. The Bertz CT molecular complexity index is 675. The highest BCUT2D eigenvalue weighted by molar-refractivity contribution is 9.10. The third kappa shape index (κ3) is 4.90. The van der Waals surface area contributed by atoms with Crippen molar-refractivity contribution < 1.29 is 9.84 Å². The lowest BCUT2D eigenvalue weighted by molar-refractivity contribution is 0.0895. The number of rotatable bonds is 8. The second-order valence-electron chi connectivity index (χ2n) is 6.48. The van der Waals surface area contributed by atoms with Crippen LogP contribution in [0.25, 0.3) is 11.2 Å². The van der Waals surface area contributed by atoms with Crippen molar-refractivity contribution in [3.8, 4) is 0 Å². The number of hydrogen-bond donors (Lipinski definition) is 2. The van der Waals surface area contributed by atoms with Gasteiger partial charge in [0.1, 0.15) is 17.4 Å². The van der Waals surface area contributed by atoms with Crippen LogP contribution in [-0.2, 0) is 11.5 Å². The Labute approximate surface area is 150 Å². The molecule has 0 amide bonds. The van der Waals surface area contributed by atoms with Crippen LogP contribution in [0.15, 0.2) is 10.8 Å². The van der Waals surface area contributed by atoms with Crippen LogP contribution < -0.4 is 5.32 Å². The highest BCUT2D eigenvalue weighted by atomic mass is 79.9. The van der Waals surface area contributed by atoms with Gasteiger partial charge in [0.15, 0.2) is 5.65 Å². The van der Waals surface area contributed by atoms with E-state index in [1.165, 1.54) is 0 Å². The number of nitrogens with zero attached hydrogens (tertiary/aromatic N) is 3. The van der Waals surface area contributed by atoms with Crippen molar-refractivity contribution in [2.24, 2.45) is 0 Å². The number of halogens is 2. The molecular weight excluding hydrogens is 400 g/mol. The highest BCUT2D eigenvalue weighted by Gasteiger charge is 2.17. The fourth-order valence-electron chi connectivity index (χ4n) is 2.00. The first-order chi connectivity index (χ1) is 10.8. The van der Waals surface area contributed by atoms with Crippen LogP contribution >= 0.6 is 27.5 Å². The van der Waals surface area contributed by atoms with Crippen LogP contribution in [0.5, 0.6) is 0 Å². The van der Waals surface area contributed by atoms with Gasteiger partial charge in [0.05, 0.1) is 23.1 Å². The Hall–Kier alpha value is -0.673. The quantitative estimate of drug-likeness (QED) is 0.387. The minimum absolute atomic E-state index is 0.0222. The van der Waals surface area contributed by atoms with E-state index >= 15 is 0 Å². The molecule has 2 N–H and O–H groups in total. The summed E-state index contributed by atoms with van der Waals surface area (Å²) in [5.41, 5.74) is 2.09. The van der Waals surface area contributed by atoms with Gasteiger partial charge < -0.3 is 15.2 Å². The maximum absolute atomic E-state index is 9.01. The number of pyridine rings is 1. The molecular formula is C14H22BrClN4O2Si. The number of hydrogen-bond acceptors (Lipinski definition) is 5. The average Bonchev–Trinajstić information content (AvgIpc) is 2.86. The van der Waals surface area contributed by atoms with Gasteiger partial charge in [0.25, 0.3) is 0 Å². The molecule has 0 unspecified atom stereocenters. The minimum Gasteiger partial charge on any atom is -0.395 e. The van der Waals surface area contributed by atoms with Crippen LogP contribution in [0.2, 0.25) is 30.8 Å². The van der Waals surface area contributed by atoms with Crippen molar-refractivity contribution >= 4 is 52.5 Å². The van der Waals surface area contributed by atoms with E-state index in [4.69, 9.17) is 21.4 Å². The summed E-state index contributed by atoms with van der Waals surface area (Å²) in [6.45, 7) is 8.52. The van der Waals surface area contributed by atoms with Crippen LogP contribution in [-0.4, -0.2) is 47.5 Å². The molecule has 2 heterocycles. The smallest absolute Gasteiger partial charge is 0.165 e. The molecule has 2 rings (SSSR count). The second-order valence-corrected chi connectivity index (χ2v) is 13.2. The van der Waals surface area contributed by atoms with Gasteiger partial charge in [0, 0.05) is 21.2 Å². The van der Waals surface area contributed by atoms with Crippen LogP contribution in [0.3, 0.4) is 0 Å². The van der Waals surface area contributed by atoms with Crippen LogP contribution in [0.4, 0.5) is 5.69 Å². The molecule has 0 aliphatic rings. The zero-order valence-corrected chi connectivity index (χ0v) is 16.9. The lowest BCUT2D eigenvalue weighted by Crippen LogP contribution is -2.22. The normalized spacial score (nSPS) is 12.1. The second kappa shape index (κ2) is 7.93. The summed E-state index contributed by atoms with van der Waals surface area (Å²) in [7, 11) is -1.10. The molecule has 0 aromatic carbocycles. The summed E-state index contributed by atoms with van der Waals surface area (Å²) >= 11 is 9.60. The number of aliphatic hydroxyl groups is 1. The SMILES string of the molecule is C[Si](C)(C)CCOCn1cnc2c(NCCO)c(Br)c(Cl)nc21. The van der Waals surface area contributed by atoms with E-state index in [0.29, 0.717) is 34.1 Å². The number of aromatic nitrogens is 3. The molecule has 0 radical (unpaired) electrons. The molecule has 0 atom stereocenters. The van der Waals surface area contributed by atoms with Gasteiger partial charge in [-0.2, -0.15) is 0 Å². The Balaban J connectivity index is 2.18. The fraction of sp³-hybridized carbons (Fsp3) is 0.571. The monoisotopic (exact) mass is 420 g/mol. The predicted octanol–water partition coefficient (Wildman–Crippen LogP) is 3.56. The molecule has 0 bridgehead atoms. The van der Waals surface area contributed by atoms with Gasteiger partial charge in [-0.1, -0.05) is 31.2 Å². The van der Waals surface area contributed by atoms with E-state index in [9.17, 15) is 0 Å². The minimum atomic E-state index is -1.10. The molecule has 128 valence electrons. The predicted molar refractivity (Wildman–Crippen MR) is 99.9 cm³/mol. The van der Waals surface area contributed by atoms with E-state index < -0.39 is 8.07 Å². The number of nitrogens with one attached hydrogen (secondary N) is 1. The summed E-state index contributed by atoms with van der Waals surface area (Å²) in [4.78, 5) is 8.77. The molecule has 0 spiro atoms. The molecule has 23 heavy (non-hydrogen) atoms. The third-order valence-electron chi connectivity index (χ3n) is 3.29. The van der Waals surface area contributed by atoms with Gasteiger partial charge in [-0.3, -0.25) is 4.57 Å². The number of aliphatic hydroxyl groups excluding tert-OH is 1. The van der Waals surface area contributed by atoms with Crippen LogP contribution in [0.1, 0.15) is 0 Å². The molecule has 0 aliphatic heterocycles. The highest BCUT2D eigenvalue weighted by Crippen LogP contribution is 2.34. The fourth-order valence-corrected chi connectivity index (χ4v) is 3.34. The largest absolute Gasteiger partial charge is 0.395 e. The first-order valence-electron chi connectivity index (χ1n) is 7.46. The molecule has 2 aromatic heterocycles. The maximum Gasteiger partial charge on any atom is 0.165 e. The molecule has 0 saturated carbocycles. The summed E-state index contributed by atoms with van der Waals surface area (Å²) in [6.07, 6.45) is 1.69. The molecule has 6 nitrogen and oxygen atoms in total. The number of anilines is 1.